The lowest BCUT2D eigenvalue weighted by Gasteiger charge is -2.10. The maximum atomic E-state index is 11.2. The fourth-order valence-electron chi connectivity index (χ4n) is 2.23. The molecule has 1 heterocycles. The molecule has 3 heteroatoms. The summed E-state index contributed by atoms with van der Waals surface area (Å²) in [4.78, 5) is 11.2. The quantitative estimate of drug-likeness (QED) is 0.801. The van der Waals surface area contributed by atoms with E-state index < -0.39 is 0 Å². The normalized spacial score (nSPS) is 20.4. The monoisotopic (exact) mass is 235 g/mol. The van der Waals surface area contributed by atoms with Crippen LogP contribution in [0.15, 0.2) is 18.2 Å². The van der Waals surface area contributed by atoms with E-state index in [0.717, 1.165) is 29.2 Å². The zero-order chi connectivity index (χ0) is 11.1. The topological polar surface area (TPSA) is 29.1 Å². The maximum Gasteiger partial charge on any atom is 0.228 e. The Bertz CT molecular complexity index is 440. The van der Waals surface area contributed by atoms with Crippen molar-refractivity contribution in [2.75, 3.05) is 5.32 Å². The van der Waals surface area contributed by atoms with Crippen LogP contribution in [0, 0.1) is 5.92 Å². The van der Waals surface area contributed by atoms with Crippen molar-refractivity contribution >= 4 is 23.2 Å². The van der Waals surface area contributed by atoms with Gasteiger partial charge in [-0.05, 0) is 29.5 Å². The molecule has 1 aliphatic carbocycles. The fourth-order valence-corrected chi connectivity index (χ4v) is 2.61. The van der Waals surface area contributed by atoms with Crippen LogP contribution in [0.1, 0.15) is 35.8 Å². The minimum absolute atomic E-state index is 0.0838. The molecular formula is C13H14ClNO. The predicted octanol–water partition coefficient (Wildman–Crippen LogP) is 3.26. The van der Waals surface area contributed by atoms with Gasteiger partial charge in [-0.25, -0.2) is 0 Å². The predicted molar refractivity (Wildman–Crippen MR) is 64.7 cm³/mol. The van der Waals surface area contributed by atoms with Gasteiger partial charge in [0.25, 0.3) is 0 Å². The highest BCUT2D eigenvalue weighted by Crippen LogP contribution is 2.41. The zero-order valence-electron chi connectivity index (χ0n) is 9.00. The number of rotatable bonds is 3. The molecule has 0 radical (unpaired) electrons. The summed E-state index contributed by atoms with van der Waals surface area (Å²) < 4.78 is 0. The van der Waals surface area contributed by atoms with Gasteiger partial charge in [-0.3, -0.25) is 4.79 Å². The molecule has 0 aromatic heterocycles. The number of benzene rings is 1. The molecule has 2 aliphatic rings. The van der Waals surface area contributed by atoms with E-state index in [4.69, 9.17) is 11.6 Å². The fraction of sp³-hybridized carbons (Fsp3) is 0.462. The summed E-state index contributed by atoms with van der Waals surface area (Å²) >= 11 is 6.37. The molecule has 1 atom stereocenters. The number of carbonyl (C=O) groups excluding carboxylic acids is 1. The van der Waals surface area contributed by atoms with Gasteiger partial charge in [-0.2, -0.15) is 0 Å². The third-order valence-electron chi connectivity index (χ3n) is 3.35. The maximum absolute atomic E-state index is 11.2. The molecule has 1 aromatic rings. The Labute approximate surface area is 100.0 Å². The standard InChI is InChI=1S/C13H14ClNO/c14-11(5-8-1-2-8)9-3-4-12-10(6-9)7-13(16)15-12/h3-4,6,8,11H,1-2,5,7H2,(H,15,16). The highest BCUT2D eigenvalue weighted by atomic mass is 35.5. The first-order valence-electron chi connectivity index (χ1n) is 5.79. The van der Waals surface area contributed by atoms with E-state index in [-0.39, 0.29) is 11.3 Å². The molecule has 0 bridgehead atoms. The van der Waals surface area contributed by atoms with Crippen molar-refractivity contribution in [2.45, 2.75) is 31.1 Å². The molecule has 1 unspecified atom stereocenters. The van der Waals surface area contributed by atoms with Crippen LogP contribution in [0.3, 0.4) is 0 Å². The summed E-state index contributed by atoms with van der Waals surface area (Å²) in [6.07, 6.45) is 4.22. The molecule has 3 rings (SSSR count). The second-order valence-electron chi connectivity index (χ2n) is 4.79. The Balaban J connectivity index is 1.80. The zero-order valence-corrected chi connectivity index (χ0v) is 9.76. The van der Waals surface area contributed by atoms with Gasteiger partial charge >= 0.3 is 0 Å². The van der Waals surface area contributed by atoms with Crippen molar-refractivity contribution in [3.05, 3.63) is 29.3 Å². The van der Waals surface area contributed by atoms with Gasteiger partial charge in [0.15, 0.2) is 0 Å². The number of nitrogens with one attached hydrogen (secondary N) is 1. The minimum atomic E-state index is 0.0838. The van der Waals surface area contributed by atoms with Gasteiger partial charge in [0.2, 0.25) is 5.91 Å². The highest BCUT2D eigenvalue weighted by Gasteiger charge is 2.26. The van der Waals surface area contributed by atoms with E-state index in [2.05, 4.69) is 11.4 Å². The van der Waals surface area contributed by atoms with E-state index in [1.807, 2.05) is 12.1 Å². The van der Waals surface area contributed by atoms with Crippen LogP contribution in [0.4, 0.5) is 5.69 Å². The number of hydrogen-bond donors (Lipinski definition) is 1. The van der Waals surface area contributed by atoms with E-state index in [9.17, 15) is 4.79 Å². The van der Waals surface area contributed by atoms with Gasteiger partial charge < -0.3 is 5.32 Å². The molecule has 1 amide bonds. The Hall–Kier alpha value is -1.02. The molecule has 1 aromatic carbocycles. The average molecular weight is 236 g/mol. The summed E-state index contributed by atoms with van der Waals surface area (Å²) in [5.41, 5.74) is 3.19. The van der Waals surface area contributed by atoms with Crippen LogP contribution < -0.4 is 5.32 Å². The van der Waals surface area contributed by atoms with Gasteiger partial charge in [-0.1, -0.05) is 25.0 Å². The molecule has 1 N–H and O–H groups in total. The van der Waals surface area contributed by atoms with Crippen LogP contribution in [0.25, 0.3) is 0 Å². The lowest BCUT2D eigenvalue weighted by molar-refractivity contribution is -0.115. The number of alkyl halides is 1. The smallest absolute Gasteiger partial charge is 0.228 e. The summed E-state index contributed by atoms with van der Waals surface area (Å²) in [6, 6.07) is 6.08. The van der Waals surface area contributed by atoms with Crippen LogP contribution >= 0.6 is 11.6 Å². The summed E-state index contributed by atoms with van der Waals surface area (Å²) in [6.45, 7) is 0. The largest absolute Gasteiger partial charge is 0.326 e. The highest BCUT2D eigenvalue weighted by molar-refractivity contribution is 6.20. The number of fused-ring (bicyclic) bond motifs is 1. The molecule has 1 fully saturated rings. The van der Waals surface area contributed by atoms with E-state index >= 15 is 0 Å². The second kappa shape index (κ2) is 3.77. The Kier molecular flexibility index (Phi) is 2.40. The van der Waals surface area contributed by atoms with Crippen molar-refractivity contribution in [1.29, 1.82) is 0 Å². The van der Waals surface area contributed by atoms with Crippen LogP contribution in [0.5, 0.6) is 0 Å². The van der Waals surface area contributed by atoms with Crippen molar-refractivity contribution in [1.82, 2.24) is 0 Å². The van der Waals surface area contributed by atoms with Gasteiger partial charge in [0.1, 0.15) is 0 Å². The molecule has 84 valence electrons. The summed E-state index contributed by atoms with van der Waals surface area (Å²) in [7, 11) is 0. The number of halogens is 1. The van der Waals surface area contributed by atoms with E-state index in [1.165, 1.54) is 12.8 Å². The van der Waals surface area contributed by atoms with E-state index in [1.54, 1.807) is 0 Å². The third kappa shape index (κ3) is 1.94. The van der Waals surface area contributed by atoms with Crippen molar-refractivity contribution in [3.8, 4) is 0 Å². The molecule has 2 nitrogen and oxygen atoms in total. The lowest BCUT2D eigenvalue weighted by atomic mass is 10.0. The Morgan fingerprint density at radius 1 is 1.44 bits per heavy atom. The van der Waals surface area contributed by atoms with Crippen molar-refractivity contribution in [2.24, 2.45) is 5.92 Å². The van der Waals surface area contributed by atoms with Crippen LogP contribution in [-0.4, -0.2) is 5.91 Å². The second-order valence-corrected chi connectivity index (χ2v) is 5.31. The SMILES string of the molecule is O=C1Cc2cc(C(Cl)CC3CC3)ccc2N1. The number of anilines is 1. The molecule has 0 spiro atoms. The number of hydrogen-bond acceptors (Lipinski definition) is 1. The van der Waals surface area contributed by atoms with Gasteiger partial charge in [0.05, 0.1) is 11.8 Å². The van der Waals surface area contributed by atoms with Gasteiger partial charge in [-0.15, -0.1) is 11.6 Å². The van der Waals surface area contributed by atoms with Crippen LogP contribution in [0.2, 0.25) is 0 Å². The summed E-state index contributed by atoms with van der Waals surface area (Å²) in [5, 5.41) is 2.94. The number of carbonyl (C=O) groups is 1. The van der Waals surface area contributed by atoms with Crippen LogP contribution in [-0.2, 0) is 11.2 Å². The Morgan fingerprint density at radius 3 is 3.00 bits per heavy atom. The summed E-state index contributed by atoms with van der Waals surface area (Å²) in [5.74, 6) is 0.913. The first-order valence-corrected chi connectivity index (χ1v) is 6.23. The van der Waals surface area contributed by atoms with Crippen molar-refractivity contribution < 1.29 is 4.79 Å². The molecule has 0 saturated heterocycles. The molecule has 1 saturated carbocycles. The Morgan fingerprint density at radius 2 is 2.25 bits per heavy atom. The first-order chi connectivity index (χ1) is 7.72. The average Bonchev–Trinajstić information content (AvgIpc) is 2.96. The van der Waals surface area contributed by atoms with Gasteiger partial charge in [0, 0.05) is 5.69 Å². The third-order valence-corrected chi connectivity index (χ3v) is 3.78. The first kappa shape index (κ1) is 10.2. The number of amides is 1. The molecule has 1 aliphatic heterocycles. The molecular weight excluding hydrogens is 222 g/mol. The van der Waals surface area contributed by atoms with Crippen molar-refractivity contribution in [3.63, 3.8) is 0 Å². The van der Waals surface area contributed by atoms with E-state index in [0.29, 0.717) is 6.42 Å². The lowest BCUT2D eigenvalue weighted by Crippen LogP contribution is -2.03. The molecule has 16 heavy (non-hydrogen) atoms. The minimum Gasteiger partial charge on any atom is -0.326 e.